The molecule has 2 aromatic rings. The largest absolute Gasteiger partial charge is 0.483 e. The molecule has 1 atom stereocenters. The number of ether oxygens (including phenoxy) is 1. The van der Waals surface area contributed by atoms with Crippen molar-refractivity contribution in [2.45, 2.75) is 25.4 Å². The highest BCUT2D eigenvalue weighted by molar-refractivity contribution is 5.91. The summed E-state index contributed by atoms with van der Waals surface area (Å²) in [4.78, 5) is 11.9. The average molecular weight is 333 g/mol. The Morgan fingerprint density at radius 3 is 2.88 bits per heavy atom. The number of benzene rings is 2. The average Bonchev–Trinajstić information content (AvgIpc) is 2.57. The second kappa shape index (κ2) is 6.97. The van der Waals surface area contributed by atoms with Gasteiger partial charge in [-0.15, -0.1) is 0 Å². The number of aliphatic hydroxyl groups excluding tert-OH is 1. The predicted octanol–water partition coefficient (Wildman–Crippen LogP) is 3.35. The third-order valence-electron chi connectivity index (χ3n) is 3.99. The maximum atomic E-state index is 13.1. The minimum absolute atomic E-state index is 0.160. The summed E-state index contributed by atoms with van der Waals surface area (Å²) in [5, 5.41) is 12.5. The molecule has 0 spiro atoms. The van der Waals surface area contributed by atoms with Gasteiger partial charge in [0.1, 0.15) is 5.75 Å². The van der Waals surface area contributed by atoms with Crippen LogP contribution in [0.1, 0.15) is 30.1 Å². The molecule has 24 heavy (non-hydrogen) atoms. The summed E-state index contributed by atoms with van der Waals surface area (Å²) in [5.74, 6) is -1.92. The van der Waals surface area contributed by atoms with E-state index in [-0.39, 0.29) is 12.3 Å². The summed E-state index contributed by atoms with van der Waals surface area (Å²) in [7, 11) is 0. The molecule has 0 bridgehead atoms. The SMILES string of the molecule is O=C(COc1cccc2c1CCC[C@@H]2O)Nc1ccc(F)c(F)c1. The molecule has 2 N–H and O–H groups in total. The van der Waals surface area contributed by atoms with E-state index in [2.05, 4.69) is 5.32 Å². The molecule has 3 rings (SSSR count). The van der Waals surface area contributed by atoms with Crippen molar-refractivity contribution < 1.29 is 23.4 Å². The minimum Gasteiger partial charge on any atom is -0.483 e. The molecule has 4 nitrogen and oxygen atoms in total. The molecule has 0 aromatic heterocycles. The van der Waals surface area contributed by atoms with Gasteiger partial charge in [0.2, 0.25) is 0 Å². The van der Waals surface area contributed by atoms with Crippen LogP contribution in [-0.2, 0) is 11.2 Å². The van der Waals surface area contributed by atoms with E-state index in [4.69, 9.17) is 4.74 Å². The minimum atomic E-state index is -1.03. The van der Waals surface area contributed by atoms with Gasteiger partial charge in [-0.1, -0.05) is 12.1 Å². The highest BCUT2D eigenvalue weighted by Gasteiger charge is 2.21. The lowest BCUT2D eigenvalue weighted by atomic mass is 9.89. The number of hydrogen-bond donors (Lipinski definition) is 2. The van der Waals surface area contributed by atoms with E-state index in [0.29, 0.717) is 12.2 Å². The standard InChI is InChI=1S/C18H17F2NO3/c19-14-8-7-11(9-15(14)20)21-18(23)10-24-17-6-2-3-12-13(17)4-1-5-16(12)22/h2-3,6-9,16,22H,1,4-5,10H2,(H,21,23)/t16-/m0/s1. The summed E-state index contributed by atoms with van der Waals surface area (Å²) in [6.45, 7) is -0.258. The number of carbonyl (C=O) groups excluding carboxylic acids is 1. The fourth-order valence-electron chi connectivity index (χ4n) is 2.84. The first-order valence-corrected chi connectivity index (χ1v) is 7.72. The topological polar surface area (TPSA) is 58.6 Å². The van der Waals surface area contributed by atoms with Crippen molar-refractivity contribution in [2.75, 3.05) is 11.9 Å². The van der Waals surface area contributed by atoms with Gasteiger partial charge >= 0.3 is 0 Å². The first-order valence-electron chi connectivity index (χ1n) is 7.72. The Balaban J connectivity index is 1.64. The van der Waals surface area contributed by atoms with Gasteiger partial charge in [0.25, 0.3) is 5.91 Å². The van der Waals surface area contributed by atoms with Crippen molar-refractivity contribution in [3.8, 4) is 5.75 Å². The molecule has 1 amide bonds. The van der Waals surface area contributed by atoms with Crippen LogP contribution in [0.25, 0.3) is 0 Å². The fourth-order valence-corrected chi connectivity index (χ4v) is 2.84. The van der Waals surface area contributed by atoms with Crippen molar-refractivity contribution in [3.05, 3.63) is 59.2 Å². The van der Waals surface area contributed by atoms with Gasteiger partial charge in [-0.2, -0.15) is 0 Å². The number of amides is 1. The number of hydrogen-bond acceptors (Lipinski definition) is 3. The van der Waals surface area contributed by atoms with Crippen LogP contribution in [0.5, 0.6) is 5.75 Å². The van der Waals surface area contributed by atoms with Crippen LogP contribution in [0.15, 0.2) is 36.4 Å². The van der Waals surface area contributed by atoms with Crippen molar-refractivity contribution >= 4 is 11.6 Å². The summed E-state index contributed by atoms with van der Waals surface area (Å²) >= 11 is 0. The Bertz CT molecular complexity index is 764. The molecule has 0 heterocycles. The van der Waals surface area contributed by atoms with Crippen molar-refractivity contribution in [1.29, 1.82) is 0 Å². The van der Waals surface area contributed by atoms with Crippen LogP contribution in [-0.4, -0.2) is 17.6 Å². The highest BCUT2D eigenvalue weighted by atomic mass is 19.2. The number of anilines is 1. The fraction of sp³-hybridized carbons (Fsp3) is 0.278. The third-order valence-corrected chi connectivity index (χ3v) is 3.99. The van der Waals surface area contributed by atoms with Gasteiger partial charge in [-0.05, 0) is 48.6 Å². The van der Waals surface area contributed by atoms with E-state index in [1.54, 1.807) is 12.1 Å². The Morgan fingerprint density at radius 2 is 2.08 bits per heavy atom. The molecule has 0 aliphatic heterocycles. The van der Waals surface area contributed by atoms with Gasteiger partial charge in [-0.3, -0.25) is 4.79 Å². The Hall–Kier alpha value is -2.47. The van der Waals surface area contributed by atoms with Gasteiger partial charge in [-0.25, -0.2) is 8.78 Å². The Kier molecular flexibility index (Phi) is 4.76. The number of halogens is 2. The number of fused-ring (bicyclic) bond motifs is 1. The smallest absolute Gasteiger partial charge is 0.262 e. The molecule has 0 saturated heterocycles. The van der Waals surface area contributed by atoms with Gasteiger partial charge < -0.3 is 15.2 Å². The molecule has 1 aliphatic rings. The first-order chi connectivity index (χ1) is 11.5. The summed E-state index contributed by atoms with van der Waals surface area (Å²) < 4.78 is 31.5. The number of carbonyl (C=O) groups is 1. The van der Waals surface area contributed by atoms with Crippen LogP contribution in [0.3, 0.4) is 0 Å². The molecule has 2 aromatic carbocycles. The van der Waals surface area contributed by atoms with E-state index in [1.165, 1.54) is 6.07 Å². The van der Waals surface area contributed by atoms with Crippen molar-refractivity contribution in [1.82, 2.24) is 0 Å². The quantitative estimate of drug-likeness (QED) is 0.902. The lowest BCUT2D eigenvalue weighted by Crippen LogP contribution is -2.21. The number of rotatable bonds is 4. The van der Waals surface area contributed by atoms with E-state index >= 15 is 0 Å². The predicted molar refractivity (Wildman–Crippen MR) is 84.8 cm³/mol. The highest BCUT2D eigenvalue weighted by Crippen LogP contribution is 2.35. The second-order valence-corrected chi connectivity index (χ2v) is 5.70. The monoisotopic (exact) mass is 333 g/mol. The molecule has 0 unspecified atom stereocenters. The number of nitrogens with one attached hydrogen (secondary N) is 1. The maximum Gasteiger partial charge on any atom is 0.262 e. The summed E-state index contributed by atoms with van der Waals surface area (Å²) in [5.41, 5.74) is 1.91. The zero-order valence-corrected chi connectivity index (χ0v) is 12.9. The van der Waals surface area contributed by atoms with Crippen LogP contribution in [0, 0.1) is 11.6 Å². The molecule has 6 heteroatoms. The molecular weight excluding hydrogens is 316 g/mol. The molecule has 0 fully saturated rings. The molecular formula is C18H17F2NO3. The van der Waals surface area contributed by atoms with Crippen LogP contribution in [0.2, 0.25) is 0 Å². The van der Waals surface area contributed by atoms with E-state index < -0.39 is 23.6 Å². The second-order valence-electron chi connectivity index (χ2n) is 5.70. The molecule has 126 valence electrons. The van der Waals surface area contributed by atoms with E-state index in [1.807, 2.05) is 6.07 Å². The van der Waals surface area contributed by atoms with Crippen molar-refractivity contribution in [2.24, 2.45) is 0 Å². The Morgan fingerprint density at radius 1 is 1.25 bits per heavy atom. The number of aliphatic hydroxyl groups is 1. The van der Waals surface area contributed by atoms with Crippen LogP contribution >= 0.6 is 0 Å². The summed E-state index contributed by atoms with van der Waals surface area (Å²) in [6.07, 6.45) is 1.85. The zero-order valence-electron chi connectivity index (χ0n) is 12.9. The molecule has 1 aliphatic carbocycles. The lowest BCUT2D eigenvalue weighted by molar-refractivity contribution is -0.118. The Labute approximate surface area is 138 Å². The maximum absolute atomic E-state index is 13.1. The van der Waals surface area contributed by atoms with Crippen LogP contribution < -0.4 is 10.1 Å². The van der Waals surface area contributed by atoms with Crippen molar-refractivity contribution in [3.63, 3.8) is 0 Å². The normalized spacial score (nSPS) is 16.4. The van der Waals surface area contributed by atoms with Gasteiger partial charge in [0.15, 0.2) is 18.2 Å². The third kappa shape index (κ3) is 3.54. The van der Waals surface area contributed by atoms with E-state index in [0.717, 1.165) is 36.1 Å². The van der Waals surface area contributed by atoms with Gasteiger partial charge in [0, 0.05) is 11.8 Å². The first kappa shape index (κ1) is 16.4. The molecule has 0 saturated carbocycles. The molecule has 0 radical (unpaired) electrons. The lowest BCUT2D eigenvalue weighted by Gasteiger charge is -2.23. The summed E-state index contributed by atoms with van der Waals surface area (Å²) in [6, 6.07) is 8.51. The zero-order chi connectivity index (χ0) is 17.1. The van der Waals surface area contributed by atoms with E-state index in [9.17, 15) is 18.7 Å². The van der Waals surface area contributed by atoms with Crippen LogP contribution in [0.4, 0.5) is 14.5 Å². The van der Waals surface area contributed by atoms with Gasteiger partial charge in [0.05, 0.1) is 6.10 Å².